The van der Waals surface area contributed by atoms with E-state index < -0.39 is 11.9 Å². The molecule has 0 bridgehead atoms. The first-order chi connectivity index (χ1) is 18.3. The highest BCUT2D eigenvalue weighted by Gasteiger charge is 2.38. The fourth-order valence-electron chi connectivity index (χ4n) is 4.32. The predicted octanol–water partition coefficient (Wildman–Crippen LogP) is 4.94. The van der Waals surface area contributed by atoms with Crippen LogP contribution in [-0.4, -0.2) is 49.8 Å². The van der Waals surface area contributed by atoms with Crippen LogP contribution in [0.3, 0.4) is 0 Å². The smallest absolute Gasteiger partial charge is 0.380 e. The van der Waals surface area contributed by atoms with E-state index in [-0.39, 0.29) is 11.5 Å². The zero-order valence-corrected chi connectivity index (χ0v) is 21.7. The summed E-state index contributed by atoms with van der Waals surface area (Å²) in [7, 11) is 0. The largest absolute Gasteiger partial charge is 0.435 e. The Bertz CT molecular complexity index is 1410. The number of imidazole rings is 1. The number of nitrogens with zero attached hydrogens (tertiary/aromatic N) is 5. The van der Waals surface area contributed by atoms with Crippen LogP contribution in [0.1, 0.15) is 60.1 Å². The standard InChI is InChI=1S/C27H31F3N6O2/c1-4-12-38-13-10-32-26(37)20-8-7-18(14-19(20)5-2)15-22-25-33-16-23(36(25)11-9-31-22)21-17-35(6-3)34-24(21)27(28,29)30/h7-9,11,14,16-17H,4-6,10,12-13,15H2,1-3H3,(H,32,37). The third-order valence-corrected chi connectivity index (χ3v) is 6.18. The van der Waals surface area contributed by atoms with Crippen molar-refractivity contribution < 1.29 is 22.7 Å². The molecular weight excluding hydrogens is 497 g/mol. The Kier molecular flexibility index (Phi) is 8.45. The molecule has 8 nitrogen and oxygen atoms in total. The molecule has 3 heterocycles. The second-order valence-electron chi connectivity index (χ2n) is 8.85. The third kappa shape index (κ3) is 5.88. The summed E-state index contributed by atoms with van der Waals surface area (Å²) in [5.41, 5.74) is 2.81. The first kappa shape index (κ1) is 27.3. The average Bonchev–Trinajstić information content (AvgIpc) is 3.53. The van der Waals surface area contributed by atoms with Gasteiger partial charge in [0.25, 0.3) is 5.91 Å². The lowest BCUT2D eigenvalue weighted by Gasteiger charge is -2.12. The second kappa shape index (κ2) is 11.8. The summed E-state index contributed by atoms with van der Waals surface area (Å²) in [5.74, 6) is -0.153. The molecule has 0 atom stereocenters. The number of carbonyl (C=O) groups is 1. The highest BCUT2D eigenvalue weighted by atomic mass is 19.4. The lowest BCUT2D eigenvalue weighted by atomic mass is 9.99. The van der Waals surface area contributed by atoms with Gasteiger partial charge in [0.15, 0.2) is 11.3 Å². The van der Waals surface area contributed by atoms with E-state index in [1.165, 1.54) is 17.1 Å². The number of amides is 1. The number of hydrogen-bond acceptors (Lipinski definition) is 5. The summed E-state index contributed by atoms with van der Waals surface area (Å²) in [6.45, 7) is 7.61. The Morgan fingerprint density at radius 3 is 2.66 bits per heavy atom. The van der Waals surface area contributed by atoms with Crippen LogP contribution >= 0.6 is 0 Å². The number of hydrogen-bond donors (Lipinski definition) is 1. The molecule has 3 aromatic heterocycles. The highest BCUT2D eigenvalue weighted by molar-refractivity contribution is 5.95. The number of halogens is 3. The van der Waals surface area contributed by atoms with E-state index in [2.05, 4.69) is 20.4 Å². The van der Waals surface area contributed by atoms with Gasteiger partial charge >= 0.3 is 6.18 Å². The molecular formula is C27H31F3N6O2. The molecule has 0 aliphatic heterocycles. The fraction of sp³-hybridized carbons (Fsp3) is 0.407. The minimum Gasteiger partial charge on any atom is -0.380 e. The molecule has 1 N–H and O–H groups in total. The van der Waals surface area contributed by atoms with E-state index in [1.807, 2.05) is 26.0 Å². The van der Waals surface area contributed by atoms with Gasteiger partial charge in [0.05, 0.1) is 29.8 Å². The van der Waals surface area contributed by atoms with Gasteiger partial charge in [-0.05, 0) is 37.0 Å². The van der Waals surface area contributed by atoms with Crippen LogP contribution in [0.5, 0.6) is 0 Å². The number of ether oxygens (including phenoxy) is 1. The van der Waals surface area contributed by atoms with Crippen LogP contribution in [0.25, 0.3) is 16.9 Å². The molecule has 0 spiro atoms. The van der Waals surface area contributed by atoms with Gasteiger partial charge in [-0.2, -0.15) is 18.3 Å². The maximum absolute atomic E-state index is 13.7. The fourth-order valence-corrected chi connectivity index (χ4v) is 4.32. The van der Waals surface area contributed by atoms with Gasteiger partial charge in [0.2, 0.25) is 0 Å². The number of benzene rings is 1. The number of fused-ring (bicyclic) bond motifs is 1. The van der Waals surface area contributed by atoms with Gasteiger partial charge in [-0.1, -0.05) is 26.0 Å². The molecule has 0 fully saturated rings. The summed E-state index contributed by atoms with van der Waals surface area (Å²) in [4.78, 5) is 21.6. The molecule has 0 saturated carbocycles. The normalized spacial score (nSPS) is 11.8. The lowest BCUT2D eigenvalue weighted by molar-refractivity contribution is -0.141. The Hall–Kier alpha value is -3.73. The maximum Gasteiger partial charge on any atom is 0.435 e. The van der Waals surface area contributed by atoms with Crippen molar-refractivity contribution in [3.8, 4) is 11.3 Å². The van der Waals surface area contributed by atoms with E-state index in [0.717, 1.165) is 17.5 Å². The van der Waals surface area contributed by atoms with E-state index in [4.69, 9.17) is 4.74 Å². The van der Waals surface area contributed by atoms with Crippen molar-refractivity contribution >= 4 is 11.6 Å². The molecule has 1 aromatic carbocycles. The second-order valence-corrected chi connectivity index (χ2v) is 8.85. The quantitative estimate of drug-likeness (QED) is 0.279. The predicted molar refractivity (Wildman–Crippen MR) is 137 cm³/mol. The van der Waals surface area contributed by atoms with E-state index in [1.54, 1.807) is 29.8 Å². The number of carbonyl (C=O) groups excluding carboxylic acids is 1. The van der Waals surface area contributed by atoms with Crippen LogP contribution in [0.4, 0.5) is 13.2 Å². The zero-order chi connectivity index (χ0) is 27.3. The molecule has 0 radical (unpaired) electrons. The summed E-state index contributed by atoms with van der Waals surface area (Å²) in [5, 5.41) is 6.61. The molecule has 1 amide bonds. The minimum atomic E-state index is -4.59. The molecule has 0 unspecified atom stereocenters. The first-order valence-electron chi connectivity index (χ1n) is 12.7. The number of aryl methyl sites for hydroxylation is 2. The van der Waals surface area contributed by atoms with Crippen molar-refractivity contribution in [2.75, 3.05) is 19.8 Å². The zero-order valence-electron chi connectivity index (χ0n) is 21.7. The van der Waals surface area contributed by atoms with Gasteiger partial charge < -0.3 is 10.1 Å². The van der Waals surface area contributed by atoms with E-state index in [0.29, 0.717) is 61.7 Å². The van der Waals surface area contributed by atoms with Gasteiger partial charge in [0, 0.05) is 50.3 Å². The SMILES string of the molecule is CCCOCCNC(=O)c1ccc(Cc2nccn3c(-c4cn(CC)nc4C(F)(F)F)cnc23)cc1CC. The third-order valence-electron chi connectivity index (χ3n) is 6.18. The molecule has 202 valence electrons. The topological polar surface area (TPSA) is 86.3 Å². The van der Waals surface area contributed by atoms with Crippen molar-refractivity contribution in [3.05, 3.63) is 71.1 Å². The van der Waals surface area contributed by atoms with Crippen molar-refractivity contribution in [2.24, 2.45) is 0 Å². The molecule has 0 aliphatic rings. The van der Waals surface area contributed by atoms with Crippen LogP contribution in [-0.2, 0) is 30.3 Å². The summed E-state index contributed by atoms with van der Waals surface area (Å²) in [6.07, 6.45) is 3.35. The van der Waals surface area contributed by atoms with Crippen molar-refractivity contribution in [1.29, 1.82) is 0 Å². The minimum absolute atomic E-state index is 0.0345. The van der Waals surface area contributed by atoms with E-state index in [9.17, 15) is 18.0 Å². The van der Waals surface area contributed by atoms with Crippen LogP contribution < -0.4 is 5.32 Å². The molecule has 11 heteroatoms. The maximum atomic E-state index is 13.7. The highest BCUT2D eigenvalue weighted by Crippen LogP contribution is 2.36. The van der Waals surface area contributed by atoms with E-state index >= 15 is 0 Å². The number of rotatable bonds is 11. The average molecular weight is 529 g/mol. The Morgan fingerprint density at radius 1 is 1.13 bits per heavy atom. The Morgan fingerprint density at radius 2 is 1.95 bits per heavy atom. The van der Waals surface area contributed by atoms with Crippen LogP contribution in [0.2, 0.25) is 0 Å². The van der Waals surface area contributed by atoms with Crippen molar-refractivity contribution in [3.63, 3.8) is 0 Å². The molecule has 38 heavy (non-hydrogen) atoms. The van der Waals surface area contributed by atoms with Crippen molar-refractivity contribution in [1.82, 2.24) is 29.5 Å². The number of nitrogens with one attached hydrogen (secondary N) is 1. The summed E-state index contributed by atoms with van der Waals surface area (Å²) in [6, 6.07) is 5.62. The Labute approximate surface area is 218 Å². The first-order valence-corrected chi connectivity index (χ1v) is 12.7. The van der Waals surface area contributed by atoms with Gasteiger partial charge in [-0.3, -0.25) is 18.9 Å². The van der Waals surface area contributed by atoms with Crippen LogP contribution in [0, 0.1) is 0 Å². The van der Waals surface area contributed by atoms with Gasteiger partial charge in [0.1, 0.15) is 0 Å². The molecule has 0 aliphatic carbocycles. The van der Waals surface area contributed by atoms with Gasteiger partial charge in [-0.25, -0.2) is 4.98 Å². The summed E-state index contributed by atoms with van der Waals surface area (Å²) < 4.78 is 49.3. The monoisotopic (exact) mass is 528 g/mol. The van der Waals surface area contributed by atoms with Crippen molar-refractivity contribution in [2.45, 2.75) is 52.8 Å². The van der Waals surface area contributed by atoms with Gasteiger partial charge in [-0.15, -0.1) is 0 Å². The molecule has 0 saturated heterocycles. The summed E-state index contributed by atoms with van der Waals surface area (Å²) >= 11 is 0. The number of aromatic nitrogens is 5. The lowest BCUT2D eigenvalue weighted by Crippen LogP contribution is -2.28. The molecule has 4 aromatic rings. The van der Waals surface area contributed by atoms with Crippen LogP contribution in [0.15, 0.2) is 43.0 Å². The Balaban J connectivity index is 1.59. The number of alkyl halides is 3. The molecule has 4 rings (SSSR count).